The minimum atomic E-state index is -0.749. The topological polar surface area (TPSA) is 96.1 Å². The van der Waals surface area contributed by atoms with Gasteiger partial charge in [0.05, 0.1) is 11.0 Å². The molecule has 0 spiro atoms. The number of anilines is 1. The summed E-state index contributed by atoms with van der Waals surface area (Å²) in [6.45, 7) is 3.84. The third-order valence-corrected chi connectivity index (χ3v) is 4.07. The summed E-state index contributed by atoms with van der Waals surface area (Å²) in [5.74, 6) is -0.148. The maximum atomic E-state index is 12.6. The lowest BCUT2D eigenvalue weighted by Gasteiger charge is -2.20. The van der Waals surface area contributed by atoms with E-state index in [-0.39, 0.29) is 18.4 Å². The largest absolute Gasteiger partial charge is 0.445 e. The number of imidazole rings is 1. The predicted molar refractivity (Wildman–Crippen MR) is 103 cm³/mol. The van der Waals surface area contributed by atoms with Gasteiger partial charge >= 0.3 is 6.09 Å². The van der Waals surface area contributed by atoms with Crippen molar-refractivity contribution in [2.75, 3.05) is 5.32 Å². The molecule has 1 atom stereocenters. The Kier molecular flexibility index (Phi) is 5.71. The molecule has 0 fully saturated rings. The second kappa shape index (κ2) is 8.35. The highest BCUT2D eigenvalue weighted by atomic mass is 16.5. The molecule has 3 rings (SSSR count). The zero-order chi connectivity index (χ0) is 19.2. The average Bonchev–Trinajstić information content (AvgIpc) is 3.07. The molecule has 0 saturated carbocycles. The lowest BCUT2D eigenvalue weighted by molar-refractivity contribution is -0.119. The molecule has 1 heterocycles. The van der Waals surface area contributed by atoms with Crippen LogP contribution in [0.15, 0.2) is 54.6 Å². The van der Waals surface area contributed by atoms with Crippen molar-refractivity contribution >= 4 is 29.0 Å². The van der Waals surface area contributed by atoms with Gasteiger partial charge in [0.2, 0.25) is 11.9 Å². The van der Waals surface area contributed by atoms with Gasteiger partial charge in [0.25, 0.3) is 0 Å². The lowest BCUT2D eigenvalue weighted by atomic mass is 10.0. The first-order valence-electron chi connectivity index (χ1n) is 8.76. The monoisotopic (exact) mass is 366 g/mol. The van der Waals surface area contributed by atoms with Crippen LogP contribution in [0.2, 0.25) is 0 Å². The molecule has 7 heteroatoms. The summed E-state index contributed by atoms with van der Waals surface area (Å²) in [7, 11) is 0. The van der Waals surface area contributed by atoms with Crippen molar-refractivity contribution in [3.8, 4) is 0 Å². The van der Waals surface area contributed by atoms with Gasteiger partial charge in [0.1, 0.15) is 12.6 Å². The summed E-state index contributed by atoms with van der Waals surface area (Å²) in [6.07, 6.45) is -0.641. The van der Waals surface area contributed by atoms with E-state index in [9.17, 15) is 9.59 Å². The molecular formula is C20H22N4O3. The van der Waals surface area contributed by atoms with Crippen molar-refractivity contribution < 1.29 is 14.3 Å². The van der Waals surface area contributed by atoms with Gasteiger partial charge in [-0.25, -0.2) is 9.78 Å². The van der Waals surface area contributed by atoms with Gasteiger partial charge in [0.15, 0.2) is 0 Å². The van der Waals surface area contributed by atoms with Crippen LogP contribution in [0.4, 0.5) is 10.7 Å². The summed E-state index contributed by atoms with van der Waals surface area (Å²) >= 11 is 0. The van der Waals surface area contributed by atoms with Gasteiger partial charge < -0.3 is 15.0 Å². The smallest absolute Gasteiger partial charge is 0.408 e. The van der Waals surface area contributed by atoms with Crippen LogP contribution in [0.1, 0.15) is 19.4 Å². The number of aromatic nitrogens is 2. The first kappa shape index (κ1) is 18.4. The standard InChI is InChI=1S/C20H22N4O3/c1-13(2)17(23-20(26)27-12-14-8-4-3-5-9-14)18(25)24-19-21-15-10-6-7-11-16(15)22-19/h3-11,13,17H,12H2,1-2H3,(H,23,26)(H2,21,22,24,25)/t17-/m0/s1. The molecular weight excluding hydrogens is 344 g/mol. The molecule has 0 aliphatic carbocycles. The highest BCUT2D eigenvalue weighted by Crippen LogP contribution is 2.14. The summed E-state index contributed by atoms with van der Waals surface area (Å²) in [5, 5.41) is 5.34. The molecule has 2 amide bonds. The van der Waals surface area contributed by atoms with Crippen LogP contribution >= 0.6 is 0 Å². The van der Waals surface area contributed by atoms with E-state index in [1.54, 1.807) is 0 Å². The average molecular weight is 366 g/mol. The van der Waals surface area contributed by atoms with E-state index >= 15 is 0 Å². The molecule has 27 heavy (non-hydrogen) atoms. The van der Waals surface area contributed by atoms with E-state index in [1.165, 1.54) is 0 Å². The van der Waals surface area contributed by atoms with Crippen LogP contribution < -0.4 is 10.6 Å². The number of para-hydroxylation sites is 2. The number of nitrogens with zero attached hydrogens (tertiary/aromatic N) is 1. The van der Waals surface area contributed by atoms with E-state index in [4.69, 9.17) is 4.74 Å². The van der Waals surface area contributed by atoms with E-state index < -0.39 is 12.1 Å². The fraction of sp³-hybridized carbons (Fsp3) is 0.250. The Morgan fingerprint density at radius 3 is 2.48 bits per heavy atom. The number of amides is 2. The molecule has 0 aliphatic heterocycles. The Hall–Kier alpha value is -3.35. The van der Waals surface area contributed by atoms with Crippen LogP contribution in [-0.4, -0.2) is 28.0 Å². The highest BCUT2D eigenvalue weighted by Gasteiger charge is 2.25. The third kappa shape index (κ3) is 4.84. The van der Waals surface area contributed by atoms with E-state index in [0.717, 1.165) is 16.6 Å². The number of alkyl carbamates (subject to hydrolysis) is 1. The third-order valence-electron chi connectivity index (χ3n) is 4.07. The summed E-state index contributed by atoms with van der Waals surface area (Å²) < 4.78 is 5.20. The van der Waals surface area contributed by atoms with Crippen molar-refractivity contribution in [3.63, 3.8) is 0 Å². The number of benzene rings is 2. The maximum Gasteiger partial charge on any atom is 0.408 e. The lowest BCUT2D eigenvalue weighted by Crippen LogP contribution is -2.47. The molecule has 0 saturated heterocycles. The predicted octanol–water partition coefficient (Wildman–Crippen LogP) is 3.45. The Bertz CT molecular complexity index is 888. The quantitative estimate of drug-likeness (QED) is 0.622. The van der Waals surface area contributed by atoms with E-state index in [1.807, 2.05) is 68.4 Å². The Balaban J connectivity index is 1.60. The van der Waals surface area contributed by atoms with Gasteiger partial charge in [-0.2, -0.15) is 0 Å². The van der Waals surface area contributed by atoms with Crippen molar-refractivity contribution in [1.29, 1.82) is 0 Å². The van der Waals surface area contributed by atoms with Gasteiger partial charge in [-0.3, -0.25) is 10.1 Å². The summed E-state index contributed by atoms with van der Waals surface area (Å²) in [5.41, 5.74) is 2.45. The van der Waals surface area contributed by atoms with Crippen LogP contribution in [0, 0.1) is 5.92 Å². The molecule has 0 radical (unpaired) electrons. The summed E-state index contributed by atoms with van der Waals surface area (Å²) in [4.78, 5) is 32.0. The molecule has 0 bridgehead atoms. The number of rotatable bonds is 6. The summed E-state index contributed by atoms with van der Waals surface area (Å²) in [6, 6.07) is 16.1. The van der Waals surface area contributed by atoms with Gasteiger partial charge in [-0.15, -0.1) is 0 Å². The minimum absolute atomic E-state index is 0.126. The number of ether oxygens (including phenoxy) is 1. The van der Waals surface area contributed by atoms with Crippen molar-refractivity contribution in [2.24, 2.45) is 5.92 Å². The molecule has 7 nitrogen and oxygen atoms in total. The highest BCUT2D eigenvalue weighted by molar-refractivity contribution is 5.96. The molecule has 3 N–H and O–H groups in total. The van der Waals surface area contributed by atoms with Crippen molar-refractivity contribution in [2.45, 2.75) is 26.5 Å². The van der Waals surface area contributed by atoms with Crippen LogP contribution in [0.25, 0.3) is 11.0 Å². The zero-order valence-electron chi connectivity index (χ0n) is 15.2. The fourth-order valence-electron chi connectivity index (χ4n) is 2.63. The number of carbonyl (C=O) groups excluding carboxylic acids is 2. The number of carbonyl (C=O) groups is 2. The molecule has 140 valence electrons. The Morgan fingerprint density at radius 2 is 1.78 bits per heavy atom. The number of fused-ring (bicyclic) bond motifs is 1. The zero-order valence-corrected chi connectivity index (χ0v) is 15.2. The molecule has 2 aromatic carbocycles. The molecule has 0 aliphatic rings. The molecule has 0 unspecified atom stereocenters. The van der Waals surface area contributed by atoms with Gasteiger partial charge in [-0.05, 0) is 23.6 Å². The van der Waals surface area contributed by atoms with Gasteiger partial charge in [0, 0.05) is 0 Å². The number of nitrogens with one attached hydrogen (secondary N) is 3. The van der Waals surface area contributed by atoms with Crippen molar-refractivity contribution in [1.82, 2.24) is 15.3 Å². The number of H-pyrrole nitrogens is 1. The number of hydrogen-bond donors (Lipinski definition) is 3. The van der Waals surface area contributed by atoms with Crippen LogP contribution in [0.3, 0.4) is 0 Å². The van der Waals surface area contributed by atoms with Crippen molar-refractivity contribution in [3.05, 3.63) is 60.2 Å². The molecule has 1 aromatic heterocycles. The van der Waals surface area contributed by atoms with E-state index in [2.05, 4.69) is 20.6 Å². The van der Waals surface area contributed by atoms with Gasteiger partial charge in [-0.1, -0.05) is 56.3 Å². The maximum absolute atomic E-state index is 12.6. The Labute approximate surface area is 157 Å². The minimum Gasteiger partial charge on any atom is -0.445 e. The normalized spacial score (nSPS) is 12.0. The van der Waals surface area contributed by atoms with Crippen LogP contribution in [0.5, 0.6) is 0 Å². The molecule has 3 aromatic rings. The fourth-order valence-corrected chi connectivity index (χ4v) is 2.63. The number of aromatic amines is 1. The SMILES string of the molecule is CC(C)[C@H](NC(=O)OCc1ccccc1)C(=O)Nc1nc2ccccc2[nH]1. The number of hydrogen-bond acceptors (Lipinski definition) is 4. The van der Waals surface area contributed by atoms with Crippen LogP contribution in [-0.2, 0) is 16.1 Å². The Morgan fingerprint density at radius 1 is 1.07 bits per heavy atom. The van der Waals surface area contributed by atoms with E-state index in [0.29, 0.717) is 5.95 Å². The first-order chi connectivity index (χ1) is 13.0. The second-order valence-corrected chi connectivity index (χ2v) is 6.52. The second-order valence-electron chi connectivity index (χ2n) is 6.52. The first-order valence-corrected chi connectivity index (χ1v) is 8.76.